The molecule has 0 amide bonds. The van der Waals surface area contributed by atoms with E-state index in [1.807, 2.05) is 0 Å². The van der Waals surface area contributed by atoms with Crippen molar-refractivity contribution >= 4 is 11.7 Å². The summed E-state index contributed by atoms with van der Waals surface area (Å²) >= 11 is 0. The fraction of sp³-hybridized carbons (Fsp3) is 0.200. The SMILES string of the molecule is COc1cc(OC(=O)c2ccncc2[N+](=O)[O-])cc(OC)c1C. The second-order valence-corrected chi connectivity index (χ2v) is 4.49. The Morgan fingerprint density at radius 2 is 1.83 bits per heavy atom. The van der Waals surface area contributed by atoms with Gasteiger partial charge < -0.3 is 14.2 Å². The van der Waals surface area contributed by atoms with E-state index >= 15 is 0 Å². The van der Waals surface area contributed by atoms with Crippen LogP contribution in [0.2, 0.25) is 0 Å². The van der Waals surface area contributed by atoms with Gasteiger partial charge in [0.15, 0.2) is 0 Å². The Labute approximate surface area is 131 Å². The standard InChI is InChI=1S/C15H14N2O6/c1-9-13(21-2)6-10(7-14(9)22-3)23-15(18)11-4-5-16-8-12(11)17(19)20/h4-8H,1-3H3. The number of esters is 1. The van der Waals surface area contributed by atoms with Crippen molar-refractivity contribution in [2.45, 2.75) is 6.92 Å². The summed E-state index contributed by atoms with van der Waals surface area (Å²) in [7, 11) is 2.95. The number of nitrogens with zero attached hydrogens (tertiary/aromatic N) is 2. The van der Waals surface area contributed by atoms with Crippen LogP contribution in [-0.2, 0) is 0 Å². The summed E-state index contributed by atoms with van der Waals surface area (Å²) in [6.45, 7) is 1.79. The normalized spacial score (nSPS) is 10.0. The molecular weight excluding hydrogens is 304 g/mol. The lowest BCUT2D eigenvalue weighted by atomic mass is 10.2. The summed E-state index contributed by atoms with van der Waals surface area (Å²) < 4.78 is 15.6. The van der Waals surface area contributed by atoms with Crippen molar-refractivity contribution in [1.29, 1.82) is 0 Å². The second kappa shape index (κ2) is 6.73. The monoisotopic (exact) mass is 318 g/mol. The van der Waals surface area contributed by atoms with Crippen molar-refractivity contribution in [3.63, 3.8) is 0 Å². The summed E-state index contributed by atoms with van der Waals surface area (Å²) in [4.78, 5) is 26.1. The third-order valence-electron chi connectivity index (χ3n) is 3.15. The summed E-state index contributed by atoms with van der Waals surface area (Å²) in [6, 6.07) is 4.23. The first-order chi connectivity index (χ1) is 11.0. The molecule has 0 N–H and O–H groups in total. The highest BCUT2D eigenvalue weighted by molar-refractivity contribution is 5.95. The van der Waals surface area contributed by atoms with Gasteiger partial charge in [0.1, 0.15) is 29.0 Å². The lowest BCUT2D eigenvalue weighted by molar-refractivity contribution is -0.385. The number of hydrogen-bond acceptors (Lipinski definition) is 7. The minimum atomic E-state index is -0.868. The molecule has 0 aliphatic heterocycles. The molecule has 1 heterocycles. The highest BCUT2D eigenvalue weighted by atomic mass is 16.6. The van der Waals surface area contributed by atoms with Gasteiger partial charge in [-0.1, -0.05) is 0 Å². The first-order valence-electron chi connectivity index (χ1n) is 6.51. The average molecular weight is 318 g/mol. The van der Waals surface area contributed by atoms with Crippen LogP contribution in [0.25, 0.3) is 0 Å². The molecule has 23 heavy (non-hydrogen) atoms. The molecule has 2 aromatic rings. The highest BCUT2D eigenvalue weighted by Gasteiger charge is 2.22. The number of rotatable bonds is 5. The lowest BCUT2D eigenvalue weighted by Crippen LogP contribution is -2.11. The molecule has 0 aliphatic rings. The molecule has 8 nitrogen and oxygen atoms in total. The van der Waals surface area contributed by atoms with Gasteiger partial charge in [-0.25, -0.2) is 4.79 Å². The Hall–Kier alpha value is -3.16. The number of ether oxygens (including phenoxy) is 3. The first kappa shape index (κ1) is 16.2. The number of aromatic nitrogens is 1. The Morgan fingerprint density at radius 3 is 2.35 bits per heavy atom. The van der Waals surface area contributed by atoms with Crippen LogP contribution in [0.3, 0.4) is 0 Å². The van der Waals surface area contributed by atoms with E-state index in [1.54, 1.807) is 6.92 Å². The second-order valence-electron chi connectivity index (χ2n) is 4.49. The van der Waals surface area contributed by atoms with E-state index in [-0.39, 0.29) is 11.3 Å². The number of nitro groups is 1. The predicted molar refractivity (Wildman–Crippen MR) is 80.1 cm³/mol. The maximum atomic E-state index is 12.2. The van der Waals surface area contributed by atoms with Crippen molar-refractivity contribution in [1.82, 2.24) is 4.98 Å². The van der Waals surface area contributed by atoms with E-state index in [4.69, 9.17) is 14.2 Å². The zero-order valence-corrected chi connectivity index (χ0v) is 12.7. The number of benzene rings is 1. The van der Waals surface area contributed by atoms with Crippen molar-refractivity contribution in [2.75, 3.05) is 14.2 Å². The molecule has 0 aliphatic carbocycles. The van der Waals surface area contributed by atoms with E-state index in [0.29, 0.717) is 11.5 Å². The van der Waals surface area contributed by atoms with Crippen LogP contribution < -0.4 is 14.2 Å². The molecule has 0 atom stereocenters. The van der Waals surface area contributed by atoms with Crippen molar-refractivity contribution in [3.05, 3.63) is 51.8 Å². The molecule has 1 aromatic heterocycles. The van der Waals surface area contributed by atoms with Gasteiger partial charge in [-0.2, -0.15) is 0 Å². The third-order valence-corrected chi connectivity index (χ3v) is 3.15. The summed E-state index contributed by atoms with van der Waals surface area (Å²) in [5.74, 6) is 0.222. The van der Waals surface area contributed by atoms with Crippen LogP contribution in [-0.4, -0.2) is 30.1 Å². The molecule has 0 bridgehead atoms. The molecule has 0 saturated carbocycles. The lowest BCUT2D eigenvalue weighted by Gasteiger charge is -2.12. The van der Waals surface area contributed by atoms with E-state index in [2.05, 4.69) is 4.98 Å². The Morgan fingerprint density at radius 1 is 1.22 bits per heavy atom. The molecule has 0 saturated heterocycles. The van der Waals surface area contributed by atoms with E-state index in [0.717, 1.165) is 11.8 Å². The maximum absolute atomic E-state index is 12.2. The minimum absolute atomic E-state index is 0.153. The number of hydrogen-bond donors (Lipinski definition) is 0. The van der Waals surface area contributed by atoms with Crippen molar-refractivity contribution in [2.24, 2.45) is 0 Å². The van der Waals surface area contributed by atoms with E-state index < -0.39 is 16.6 Å². The van der Waals surface area contributed by atoms with Gasteiger partial charge in [0.2, 0.25) is 0 Å². The van der Waals surface area contributed by atoms with Gasteiger partial charge in [0.05, 0.1) is 19.1 Å². The van der Waals surface area contributed by atoms with Crippen molar-refractivity contribution < 1.29 is 23.9 Å². The highest BCUT2D eigenvalue weighted by Crippen LogP contribution is 2.33. The van der Waals surface area contributed by atoms with E-state index in [1.165, 1.54) is 38.6 Å². The van der Waals surface area contributed by atoms with Gasteiger partial charge in [-0.15, -0.1) is 0 Å². The Balaban J connectivity index is 2.36. The molecule has 0 spiro atoms. The molecule has 0 radical (unpaired) electrons. The summed E-state index contributed by atoms with van der Waals surface area (Å²) in [5.41, 5.74) is 0.122. The topological polar surface area (TPSA) is 101 Å². The zero-order chi connectivity index (χ0) is 17.0. The Bertz CT molecular complexity index is 734. The molecule has 1 aromatic carbocycles. The zero-order valence-electron chi connectivity index (χ0n) is 12.7. The minimum Gasteiger partial charge on any atom is -0.496 e. The smallest absolute Gasteiger partial charge is 0.350 e. The number of carbonyl (C=O) groups is 1. The first-order valence-corrected chi connectivity index (χ1v) is 6.51. The molecule has 8 heteroatoms. The van der Waals surface area contributed by atoms with Crippen LogP contribution in [0.5, 0.6) is 17.2 Å². The largest absolute Gasteiger partial charge is 0.496 e. The van der Waals surface area contributed by atoms with Crippen molar-refractivity contribution in [3.8, 4) is 17.2 Å². The molecule has 0 fully saturated rings. The van der Waals surface area contributed by atoms with Gasteiger partial charge in [-0.05, 0) is 13.0 Å². The molecule has 0 unspecified atom stereocenters. The predicted octanol–water partition coefficient (Wildman–Crippen LogP) is 2.53. The number of pyridine rings is 1. The van der Waals surface area contributed by atoms with Gasteiger partial charge in [0, 0.05) is 23.9 Å². The van der Waals surface area contributed by atoms with Crippen LogP contribution in [0.4, 0.5) is 5.69 Å². The molecular formula is C15H14N2O6. The third kappa shape index (κ3) is 3.37. The quantitative estimate of drug-likeness (QED) is 0.361. The van der Waals surface area contributed by atoms with E-state index in [9.17, 15) is 14.9 Å². The molecule has 2 rings (SSSR count). The fourth-order valence-corrected chi connectivity index (χ4v) is 1.99. The summed E-state index contributed by atoms with van der Waals surface area (Å²) in [5, 5.41) is 10.9. The van der Waals surface area contributed by atoms with Crippen LogP contribution >= 0.6 is 0 Å². The van der Waals surface area contributed by atoms with Crippen LogP contribution in [0.1, 0.15) is 15.9 Å². The maximum Gasteiger partial charge on any atom is 0.350 e. The van der Waals surface area contributed by atoms with Crippen LogP contribution in [0.15, 0.2) is 30.6 Å². The number of carbonyl (C=O) groups excluding carboxylic acids is 1. The van der Waals surface area contributed by atoms with Crippen LogP contribution in [0, 0.1) is 17.0 Å². The Kier molecular flexibility index (Phi) is 4.75. The molecule has 120 valence electrons. The van der Waals surface area contributed by atoms with Gasteiger partial charge in [-0.3, -0.25) is 15.1 Å². The van der Waals surface area contributed by atoms with Gasteiger partial charge in [0.25, 0.3) is 0 Å². The average Bonchev–Trinajstić information content (AvgIpc) is 2.56. The summed E-state index contributed by atoms with van der Waals surface area (Å²) in [6.07, 6.45) is 2.27. The van der Waals surface area contributed by atoms with Gasteiger partial charge >= 0.3 is 11.7 Å². The fourth-order valence-electron chi connectivity index (χ4n) is 1.99. The number of methoxy groups -OCH3 is 2.